The standard InChI is InChI=1S/C20H25N3O2S/c1-14-17(12-15-8-4-2-5-9-15)19(25)23-20(21-14)26-13-18(24)22-16-10-6-3-7-11-16/h2,4-5,8-9,16H,3,6-7,10-13H2,1H3,(H,22,24)(H,21,23,25). The van der Waals surface area contributed by atoms with Crippen molar-refractivity contribution in [3.63, 3.8) is 0 Å². The number of nitrogens with zero attached hydrogens (tertiary/aromatic N) is 1. The van der Waals surface area contributed by atoms with Crippen molar-refractivity contribution in [2.75, 3.05) is 5.75 Å². The summed E-state index contributed by atoms with van der Waals surface area (Å²) in [6.07, 6.45) is 6.34. The van der Waals surface area contributed by atoms with Crippen LogP contribution >= 0.6 is 11.8 Å². The van der Waals surface area contributed by atoms with Crippen LogP contribution in [0.2, 0.25) is 0 Å². The molecule has 1 aliphatic carbocycles. The van der Waals surface area contributed by atoms with Crippen molar-refractivity contribution in [2.24, 2.45) is 0 Å². The van der Waals surface area contributed by atoms with Crippen molar-refractivity contribution >= 4 is 17.7 Å². The van der Waals surface area contributed by atoms with E-state index in [0.717, 1.165) is 18.4 Å². The fourth-order valence-electron chi connectivity index (χ4n) is 3.31. The summed E-state index contributed by atoms with van der Waals surface area (Å²) in [5.74, 6) is 0.284. The molecule has 0 spiro atoms. The Balaban J connectivity index is 1.59. The summed E-state index contributed by atoms with van der Waals surface area (Å²) < 4.78 is 0. The van der Waals surface area contributed by atoms with Gasteiger partial charge in [-0.25, -0.2) is 4.98 Å². The van der Waals surface area contributed by atoms with Crippen LogP contribution in [-0.2, 0) is 11.2 Å². The minimum Gasteiger partial charge on any atom is -0.353 e. The molecule has 0 bridgehead atoms. The lowest BCUT2D eigenvalue weighted by Gasteiger charge is -2.22. The number of aromatic nitrogens is 2. The molecule has 0 unspecified atom stereocenters. The van der Waals surface area contributed by atoms with Gasteiger partial charge >= 0.3 is 0 Å². The number of hydrogen-bond acceptors (Lipinski definition) is 4. The Kier molecular flexibility index (Phi) is 6.50. The first-order valence-electron chi connectivity index (χ1n) is 9.17. The summed E-state index contributed by atoms with van der Waals surface area (Å²) >= 11 is 1.28. The minimum absolute atomic E-state index is 0.00978. The maximum Gasteiger partial charge on any atom is 0.255 e. The van der Waals surface area contributed by atoms with Gasteiger partial charge in [-0.05, 0) is 25.3 Å². The predicted molar refractivity (Wildman–Crippen MR) is 105 cm³/mol. The van der Waals surface area contributed by atoms with Gasteiger partial charge in [0.2, 0.25) is 5.91 Å². The molecule has 0 aliphatic heterocycles. The molecule has 0 radical (unpaired) electrons. The Morgan fingerprint density at radius 3 is 2.65 bits per heavy atom. The number of rotatable bonds is 6. The van der Waals surface area contributed by atoms with Crippen molar-refractivity contribution in [1.29, 1.82) is 0 Å². The van der Waals surface area contributed by atoms with Gasteiger partial charge < -0.3 is 10.3 Å². The van der Waals surface area contributed by atoms with Crippen molar-refractivity contribution < 1.29 is 4.79 Å². The molecule has 1 aromatic carbocycles. The third-order valence-electron chi connectivity index (χ3n) is 4.73. The molecule has 26 heavy (non-hydrogen) atoms. The third-order valence-corrected chi connectivity index (χ3v) is 5.61. The van der Waals surface area contributed by atoms with Crippen molar-refractivity contribution in [1.82, 2.24) is 15.3 Å². The summed E-state index contributed by atoms with van der Waals surface area (Å²) in [7, 11) is 0. The van der Waals surface area contributed by atoms with E-state index in [1.807, 2.05) is 37.3 Å². The van der Waals surface area contributed by atoms with Gasteiger partial charge in [0.1, 0.15) is 0 Å². The predicted octanol–water partition coefficient (Wildman–Crippen LogP) is 3.21. The highest BCUT2D eigenvalue weighted by atomic mass is 32.2. The van der Waals surface area contributed by atoms with Gasteiger partial charge in [-0.2, -0.15) is 0 Å². The molecule has 0 atom stereocenters. The Morgan fingerprint density at radius 2 is 1.96 bits per heavy atom. The Labute approximate surface area is 158 Å². The highest BCUT2D eigenvalue weighted by molar-refractivity contribution is 7.99. The lowest BCUT2D eigenvalue weighted by molar-refractivity contribution is -0.119. The molecule has 2 N–H and O–H groups in total. The smallest absolute Gasteiger partial charge is 0.255 e. The Bertz CT molecular complexity index is 798. The van der Waals surface area contributed by atoms with Crippen LogP contribution in [0.5, 0.6) is 0 Å². The lowest BCUT2D eigenvalue weighted by atomic mass is 9.95. The zero-order valence-corrected chi connectivity index (χ0v) is 15.9. The average molecular weight is 372 g/mol. The van der Waals surface area contributed by atoms with Gasteiger partial charge in [0.15, 0.2) is 5.16 Å². The van der Waals surface area contributed by atoms with E-state index in [-0.39, 0.29) is 17.2 Å². The van der Waals surface area contributed by atoms with Crippen LogP contribution in [0.15, 0.2) is 40.3 Å². The van der Waals surface area contributed by atoms with Crippen molar-refractivity contribution in [3.05, 3.63) is 57.5 Å². The molecule has 6 heteroatoms. The third kappa shape index (κ3) is 5.21. The van der Waals surface area contributed by atoms with Crippen molar-refractivity contribution in [2.45, 2.75) is 56.6 Å². The molecule has 1 amide bonds. The molecule has 1 heterocycles. The largest absolute Gasteiger partial charge is 0.353 e. The van der Waals surface area contributed by atoms with Gasteiger partial charge in [0.25, 0.3) is 5.56 Å². The molecule has 1 aromatic heterocycles. The van der Waals surface area contributed by atoms with Gasteiger partial charge in [0.05, 0.1) is 5.75 Å². The summed E-state index contributed by atoms with van der Waals surface area (Å²) in [5.41, 5.74) is 2.34. The van der Waals surface area contributed by atoms with Crippen LogP contribution in [0.25, 0.3) is 0 Å². The quantitative estimate of drug-likeness (QED) is 0.604. The molecule has 5 nitrogen and oxygen atoms in total. The number of aromatic amines is 1. The molecular weight excluding hydrogens is 346 g/mol. The van der Waals surface area contributed by atoms with E-state index in [2.05, 4.69) is 15.3 Å². The summed E-state index contributed by atoms with van der Waals surface area (Å²) in [6, 6.07) is 10.2. The van der Waals surface area contributed by atoms with Crippen LogP contribution < -0.4 is 10.9 Å². The van der Waals surface area contributed by atoms with E-state index in [4.69, 9.17) is 0 Å². The molecule has 2 aromatic rings. The minimum atomic E-state index is -0.128. The fourth-order valence-corrected chi connectivity index (χ4v) is 4.03. The summed E-state index contributed by atoms with van der Waals surface area (Å²) in [4.78, 5) is 31.8. The van der Waals surface area contributed by atoms with Crippen LogP contribution in [0.3, 0.4) is 0 Å². The summed E-state index contributed by atoms with van der Waals surface area (Å²) in [6.45, 7) is 1.85. The van der Waals surface area contributed by atoms with E-state index < -0.39 is 0 Å². The normalized spacial score (nSPS) is 15.0. The van der Waals surface area contributed by atoms with Crippen LogP contribution in [0.1, 0.15) is 48.9 Å². The first-order valence-corrected chi connectivity index (χ1v) is 10.2. The number of benzene rings is 1. The number of hydrogen-bond donors (Lipinski definition) is 2. The number of amides is 1. The Morgan fingerprint density at radius 1 is 1.23 bits per heavy atom. The number of thioether (sulfide) groups is 1. The fraction of sp³-hybridized carbons (Fsp3) is 0.450. The van der Waals surface area contributed by atoms with Crippen LogP contribution in [-0.4, -0.2) is 27.7 Å². The highest BCUT2D eigenvalue weighted by Crippen LogP contribution is 2.18. The Hall–Kier alpha value is -2.08. The topological polar surface area (TPSA) is 74.8 Å². The molecule has 1 saturated carbocycles. The zero-order valence-electron chi connectivity index (χ0n) is 15.1. The van der Waals surface area contributed by atoms with Gasteiger partial charge in [-0.1, -0.05) is 61.4 Å². The van der Waals surface area contributed by atoms with E-state index >= 15 is 0 Å². The first kappa shape index (κ1) is 18.7. The van der Waals surface area contributed by atoms with Crippen molar-refractivity contribution in [3.8, 4) is 0 Å². The van der Waals surface area contributed by atoms with Gasteiger partial charge in [0, 0.05) is 23.7 Å². The van der Waals surface area contributed by atoms with E-state index in [9.17, 15) is 9.59 Å². The van der Waals surface area contributed by atoms with E-state index in [1.54, 1.807) is 0 Å². The lowest BCUT2D eigenvalue weighted by Crippen LogP contribution is -2.37. The van der Waals surface area contributed by atoms with Crippen LogP contribution in [0, 0.1) is 6.92 Å². The first-order chi connectivity index (χ1) is 12.6. The monoisotopic (exact) mass is 371 g/mol. The molecular formula is C20H25N3O2S. The second-order valence-corrected chi connectivity index (χ2v) is 7.75. The van der Waals surface area contributed by atoms with E-state index in [0.29, 0.717) is 28.9 Å². The number of aryl methyl sites for hydroxylation is 1. The molecule has 3 rings (SSSR count). The molecule has 1 fully saturated rings. The number of carbonyl (C=O) groups excluding carboxylic acids is 1. The second-order valence-electron chi connectivity index (χ2n) is 6.79. The summed E-state index contributed by atoms with van der Waals surface area (Å²) in [5, 5.41) is 3.59. The number of carbonyl (C=O) groups is 1. The maximum absolute atomic E-state index is 12.4. The highest BCUT2D eigenvalue weighted by Gasteiger charge is 2.16. The van der Waals surface area contributed by atoms with E-state index in [1.165, 1.54) is 31.0 Å². The van der Waals surface area contributed by atoms with Crippen LogP contribution in [0.4, 0.5) is 0 Å². The van der Waals surface area contributed by atoms with Gasteiger partial charge in [-0.15, -0.1) is 0 Å². The SMILES string of the molecule is Cc1nc(SCC(=O)NC2CCCCC2)[nH]c(=O)c1Cc1ccccc1. The second kappa shape index (κ2) is 9.03. The average Bonchev–Trinajstić information content (AvgIpc) is 2.65. The number of nitrogens with one attached hydrogen (secondary N) is 2. The number of H-pyrrole nitrogens is 1. The van der Waals surface area contributed by atoms with Gasteiger partial charge in [-0.3, -0.25) is 9.59 Å². The molecule has 138 valence electrons. The zero-order chi connectivity index (χ0) is 18.4. The molecule has 0 saturated heterocycles. The maximum atomic E-state index is 12.4. The molecule has 1 aliphatic rings.